The molecule has 4 rings (SSSR count). The van der Waals surface area contributed by atoms with E-state index >= 15 is 0 Å². The average molecular weight is 436 g/mol. The third-order valence-electron chi connectivity index (χ3n) is 5.07. The number of carbonyl (C=O) groups is 1. The lowest BCUT2D eigenvalue weighted by Crippen LogP contribution is -2.07. The van der Waals surface area contributed by atoms with Crippen molar-refractivity contribution in [3.8, 4) is 17.0 Å². The van der Waals surface area contributed by atoms with E-state index in [0.717, 1.165) is 33.5 Å². The van der Waals surface area contributed by atoms with E-state index < -0.39 is 0 Å². The summed E-state index contributed by atoms with van der Waals surface area (Å²) in [7, 11) is 1.65. The Morgan fingerprint density at radius 2 is 1.94 bits per heavy atom. The largest absolute Gasteiger partial charge is 0.497 e. The molecule has 0 unspecified atom stereocenters. The summed E-state index contributed by atoms with van der Waals surface area (Å²) in [5.74, 6) is 1.33. The second-order valence-corrected chi connectivity index (χ2v) is 8.21. The number of rotatable bonds is 7. The molecule has 0 aliphatic heterocycles. The third kappa shape index (κ3) is 4.14. The maximum atomic E-state index is 12.4. The Balaban J connectivity index is 1.79. The number of esters is 1. The highest BCUT2D eigenvalue weighted by atomic mass is 32.1. The first kappa shape index (κ1) is 20.9. The number of fused-ring (bicyclic) bond motifs is 1. The number of imidazole rings is 1. The Morgan fingerprint density at radius 1 is 1.16 bits per heavy atom. The van der Waals surface area contributed by atoms with E-state index in [4.69, 9.17) is 14.5 Å². The van der Waals surface area contributed by atoms with Gasteiger partial charge in [-0.05, 0) is 50.6 Å². The van der Waals surface area contributed by atoms with Crippen molar-refractivity contribution in [3.05, 3.63) is 70.2 Å². The van der Waals surface area contributed by atoms with Gasteiger partial charge in [0.05, 0.1) is 13.7 Å². The van der Waals surface area contributed by atoms with E-state index in [2.05, 4.69) is 36.5 Å². The van der Waals surface area contributed by atoms with E-state index in [0.29, 0.717) is 18.0 Å². The molecular formula is C24H25N3O3S. The van der Waals surface area contributed by atoms with Crippen LogP contribution in [0.5, 0.6) is 5.75 Å². The van der Waals surface area contributed by atoms with Crippen LogP contribution in [-0.2, 0) is 11.3 Å². The molecular weight excluding hydrogens is 410 g/mol. The molecule has 2 aromatic heterocycles. The molecule has 0 atom stereocenters. The van der Waals surface area contributed by atoms with Gasteiger partial charge < -0.3 is 14.8 Å². The minimum absolute atomic E-state index is 0.314. The maximum absolute atomic E-state index is 12.4. The van der Waals surface area contributed by atoms with E-state index in [1.807, 2.05) is 42.5 Å². The van der Waals surface area contributed by atoms with Crippen molar-refractivity contribution in [2.24, 2.45) is 0 Å². The number of carbonyl (C=O) groups excluding carboxylic acids is 1. The number of nitrogens with one attached hydrogen (secondary N) is 1. The van der Waals surface area contributed by atoms with Crippen LogP contribution in [0.4, 0.5) is 5.82 Å². The molecule has 0 aliphatic carbocycles. The van der Waals surface area contributed by atoms with Crippen LogP contribution in [0, 0.1) is 13.8 Å². The highest BCUT2D eigenvalue weighted by Gasteiger charge is 2.23. The molecule has 0 fully saturated rings. The van der Waals surface area contributed by atoms with E-state index in [1.54, 1.807) is 7.11 Å². The third-order valence-corrected chi connectivity index (χ3v) is 6.19. The van der Waals surface area contributed by atoms with Crippen LogP contribution in [0.2, 0.25) is 0 Å². The lowest BCUT2D eigenvalue weighted by Gasteiger charge is -2.11. The van der Waals surface area contributed by atoms with Crippen molar-refractivity contribution >= 4 is 28.1 Å². The quantitative estimate of drug-likeness (QED) is 0.390. The molecule has 31 heavy (non-hydrogen) atoms. The Bertz CT molecular complexity index is 1230. The van der Waals surface area contributed by atoms with Crippen molar-refractivity contribution in [2.75, 3.05) is 19.0 Å². The maximum Gasteiger partial charge on any atom is 0.350 e. The lowest BCUT2D eigenvalue weighted by atomic mass is 10.1. The molecule has 0 bridgehead atoms. The summed E-state index contributed by atoms with van der Waals surface area (Å²) in [6, 6.07) is 16.2. The van der Waals surface area contributed by atoms with Crippen molar-refractivity contribution < 1.29 is 14.3 Å². The molecule has 0 saturated heterocycles. The van der Waals surface area contributed by atoms with Gasteiger partial charge in [0.15, 0.2) is 4.96 Å². The van der Waals surface area contributed by atoms with Gasteiger partial charge in [0.1, 0.15) is 22.1 Å². The zero-order valence-corrected chi connectivity index (χ0v) is 18.9. The highest BCUT2D eigenvalue weighted by molar-refractivity contribution is 7.19. The van der Waals surface area contributed by atoms with Crippen LogP contribution < -0.4 is 10.1 Å². The van der Waals surface area contributed by atoms with Crippen LogP contribution in [0.1, 0.15) is 33.4 Å². The molecule has 0 amide bonds. The number of aryl methyl sites for hydroxylation is 2. The molecule has 4 aromatic rings. The van der Waals surface area contributed by atoms with Gasteiger partial charge in [-0.2, -0.15) is 0 Å². The minimum atomic E-state index is -0.314. The van der Waals surface area contributed by atoms with E-state index in [1.165, 1.54) is 22.5 Å². The first-order valence-electron chi connectivity index (χ1n) is 10.1. The number of thiazole rings is 1. The molecule has 0 radical (unpaired) electrons. The van der Waals surface area contributed by atoms with Gasteiger partial charge in [0.2, 0.25) is 0 Å². The second kappa shape index (κ2) is 8.81. The Kier molecular flexibility index (Phi) is 5.95. The monoisotopic (exact) mass is 435 g/mol. The van der Waals surface area contributed by atoms with Gasteiger partial charge in [0, 0.05) is 17.8 Å². The topological polar surface area (TPSA) is 64.9 Å². The summed E-state index contributed by atoms with van der Waals surface area (Å²) in [6.45, 7) is 6.80. The van der Waals surface area contributed by atoms with Crippen molar-refractivity contribution in [3.63, 3.8) is 0 Å². The number of anilines is 1. The molecule has 2 aromatic carbocycles. The first-order chi connectivity index (χ1) is 15.0. The molecule has 160 valence electrons. The summed E-state index contributed by atoms with van der Waals surface area (Å²) >= 11 is 1.35. The zero-order valence-electron chi connectivity index (χ0n) is 18.1. The number of hydrogen-bond acceptors (Lipinski definition) is 6. The zero-order chi connectivity index (χ0) is 22.0. The fourth-order valence-corrected chi connectivity index (χ4v) is 4.57. The van der Waals surface area contributed by atoms with Gasteiger partial charge in [-0.15, -0.1) is 0 Å². The number of nitrogens with zero attached hydrogens (tertiary/aromatic N) is 2. The normalized spacial score (nSPS) is 11.0. The van der Waals surface area contributed by atoms with Gasteiger partial charge in [0.25, 0.3) is 0 Å². The smallest absolute Gasteiger partial charge is 0.350 e. The average Bonchev–Trinajstić information content (AvgIpc) is 3.29. The van der Waals surface area contributed by atoms with Crippen molar-refractivity contribution in [2.45, 2.75) is 27.3 Å². The SMILES string of the molecule is CCOC(=O)c1sc2nc(-c3ccc(OC)cc3)c(NCc3cccc(C)c3)n2c1C. The molecule has 0 aliphatic rings. The van der Waals surface area contributed by atoms with Gasteiger partial charge >= 0.3 is 5.97 Å². The Hall–Kier alpha value is -3.32. The lowest BCUT2D eigenvalue weighted by molar-refractivity contribution is 0.0531. The number of ether oxygens (including phenoxy) is 2. The van der Waals surface area contributed by atoms with Crippen molar-refractivity contribution in [1.29, 1.82) is 0 Å². The van der Waals surface area contributed by atoms with Crippen LogP contribution >= 0.6 is 11.3 Å². The van der Waals surface area contributed by atoms with E-state index in [9.17, 15) is 4.79 Å². The number of benzene rings is 2. The molecule has 0 spiro atoms. The Morgan fingerprint density at radius 3 is 2.61 bits per heavy atom. The second-order valence-electron chi connectivity index (χ2n) is 7.24. The van der Waals surface area contributed by atoms with Crippen molar-refractivity contribution in [1.82, 2.24) is 9.38 Å². The summed E-state index contributed by atoms with van der Waals surface area (Å²) in [5.41, 5.74) is 5.01. The summed E-state index contributed by atoms with van der Waals surface area (Å²) in [5, 5.41) is 3.56. The fraction of sp³-hybridized carbons (Fsp3) is 0.250. The summed E-state index contributed by atoms with van der Waals surface area (Å²) in [4.78, 5) is 18.6. The number of hydrogen-bond donors (Lipinski definition) is 1. The fourth-order valence-electron chi connectivity index (χ4n) is 3.55. The van der Waals surface area contributed by atoms with Gasteiger partial charge in [-0.3, -0.25) is 4.40 Å². The molecule has 2 heterocycles. The predicted molar refractivity (Wildman–Crippen MR) is 124 cm³/mol. The highest BCUT2D eigenvalue weighted by Crippen LogP contribution is 2.35. The predicted octanol–water partition coefficient (Wildman–Crippen LogP) is 5.48. The van der Waals surface area contributed by atoms with Gasteiger partial charge in [-0.1, -0.05) is 41.2 Å². The standard InChI is InChI=1S/C24H25N3O3S/c1-5-30-23(28)21-16(3)27-22(25-14-17-8-6-7-15(2)13-17)20(26-24(27)31-21)18-9-11-19(29-4)12-10-18/h6-13,25H,5,14H2,1-4H3. The summed E-state index contributed by atoms with van der Waals surface area (Å²) in [6.07, 6.45) is 0. The van der Waals surface area contributed by atoms with Crippen LogP contribution in [0.15, 0.2) is 48.5 Å². The first-order valence-corrected chi connectivity index (χ1v) is 11.0. The molecule has 7 heteroatoms. The molecule has 1 N–H and O–H groups in total. The number of methoxy groups -OCH3 is 1. The molecule has 6 nitrogen and oxygen atoms in total. The van der Waals surface area contributed by atoms with Crippen LogP contribution in [0.25, 0.3) is 16.2 Å². The van der Waals surface area contributed by atoms with Gasteiger partial charge in [-0.25, -0.2) is 9.78 Å². The van der Waals surface area contributed by atoms with Crippen LogP contribution in [0.3, 0.4) is 0 Å². The summed E-state index contributed by atoms with van der Waals surface area (Å²) < 4.78 is 12.5. The minimum Gasteiger partial charge on any atom is -0.497 e. The Labute approximate surface area is 185 Å². The molecule has 0 saturated carbocycles. The van der Waals surface area contributed by atoms with E-state index in [-0.39, 0.29) is 5.97 Å². The number of aromatic nitrogens is 2. The van der Waals surface area contributed by atoms with Crippen LogP contribution in [-0.4, -0.2) is 29.1 Å².